The lowest BCUT2D eigenvalue weighted by molar-refractivity contribution is 0.620. The van der Waals surface area contributed by atoms with E-state index in [0.29, 0.717) is 5.89 Å². The largest absolute Gasteiger partial charge is 0.436 e. The van der Waals surface area contributed by atoms with Crippen LogP contribution in [0.15, 0.2) is 192 Å². The average Bonchev–Trinajstić information content (AvgIpc) is 3.91. The molecule has 0 spiro atoms. The van der Waals surface area contributed by atoms with Crippen LogP contribution in [0.5, 0.6) is 0 Å². The van der Waals surface area contributed by atoms with E-state index < -0.39 is 0 Å². The number of aromatic nitrogens is 3. The lowest BCUT2D eigenvalue weighted by atomic mass is 10.0. The number of hydrogen-bond donors (Lipinski definition) is 0. The van der Waals surface area contributed by atoms with Crippen molar-refractivity contribution in [2.45, 2.75) is 0 Å². The van der Waals surface area contributed by atoms with E-state index in [1.165, 1.54) is 49.2 Å². The van der Waals surface area contributed by atoms with Crippen LogP contribution in [0.2, 0.25) is 0 Å². The summed E-state index contributed by atoms with van der Waals surface area (Å²) in [4.78, 5) is 4.96. The average molecular weight is 678 g/mol. The maximum atomic E-state index is 6.30. The second-order valence-corrected chi connectivity index (χ2v) is 13.6. The van der Waals surface area contributed by atoms with Crippen LogP contribution in [0.3, 0.4) is 0 Å². The second kappa shape index (κ2) is 11.7. The van der Waals surface area contributed by atoms with Gasteiger partial charge in [0, 0.05) is 38.5 Å². The SMILES string of the molecule is c1ccc(-n2c3ccccc3c3cc(-c4ccc(-c5nc6cc(-c7ccc8c(c7)c7ccccc7n8-c7ccccc7)ccc6o5)cc4)ccc32)cc1. The van der Waals surface area contributed by atoms with E-state index in [0.717, 1.165) is 44.7 Å². The number of rotatable bonds is 5. The van der Waals surface area contributed by atoms with Crippen molar-refractivity contribution in [3.63, 3.8) is 0 Å². The van der Waals surface area contributed by atoms with Crippen molar-refractivity contribution < 1.29 is 4.42 Å². The molecule has 248 valence electrons. The predicted molar refractivity (Wildman–Crippen MR) is 219 cm³/mol. The third kappa shape index (κ3) is 4.73. The smallest absolute Gasteiger partial charge is 0.227 e. The first-order valence-corrected chi connectivity index (χ1v) is 18.0. The van der Waals surface area contributed by atoms with Gasteiger partial charge in [-0.15, -0.1) is 0 Å². The zero-order chi connectivity index (χ0) is 34.9. The van der Waals surface area contributed by atoms with E-state index in [1.807, 2.05) is 6.07 Å². The highest BCUT2D eigenvalue weighted by atomic mass is 16.3. The molecule has 11 rings (SSSR count). The van der Waals surface area contributed by atoms with E-state index in [-0.39, 0.29) is 0 Å². The molecule has 3 aromatic heterocycles. The Balaban J connectivity index is 0.929. The molecule has 3 heterocycles. The molecule has 0 bridgehead atoms. The van der Waals surface area contributed by atoms with Gasteiger partial charge >= 0.3 is 0 Å². The Labute approximate surface area is 305 Å². The van der Waals surface area contributed by atoms with Crippen LogP contribution < -0.4 is 0 Å². The van der Waals surface area contributed by atoms with Crippen molar-refractivity contribution in [2.24, 2.45) is 0 Å². The van der Waals surface area contributed by atoms with Gasteiger partial charge in [-0.3, -0.25) is 0 Å². The number of nitrogens with zero attached hydrogens (tertiary/aromatic N) is 3. The number of benzene rings is 8. The van der Waals surface area contributed by atoms with Crippen LogP contribution in [0.1, 0.15) is 0 Å². The van der Waals surface area contributed by atoms with Gasteiger partial charge in [0.2, 0.25) is 5.89 Å². The van der Waals surface area contributed by atoms with Gasteiger partial charge in [-0.1, -0.05) is 103 Å². The standard InChI is InChI=1S/C49H31N3O/c1-3-11-37(12-4-1)51-44-17-9-7-15-39(44)41-29-34(23-26-46(41)51)32-19-21-33(22-20-32)49-50-43-31-36(25-28-48(43)53-49)35-24-27-47-42(30-35)40-16-8-10-18-45(40)52(47)38-13-5-2-6-14-38/h1-31H. The van der Waals surface area contributed by atoms with Gasteiger partial charge in [0.15, 0.2) is 5.58 Å². The van der Waals surface area contributed by atoms with E-state index in [2.05, 4.69) is 191 Å². The minimum atomic E-state index is 0.617. The highest BCUT2D eigenvalue weighted by Gasteiger charge is 2.16. The molecule has 0 N–H and O–H groups in total. The van der Waals surface area contributed by atoms with Crippen LogP contribution in [0.25, 0.3) is 99.8 Å². The van der Waals surface area contributed by atoms with E-state index in [9.17, 15) is 0 Å². The molecule has 0 saturated heterocycles. The zero-order valence-corrected chi connectivity index (χ0v) is 28.6. The number of fused-ring (bicyclic) bond motifs is 7. The molecular weight excluding hydrogens is 647 g/mol. The van der Waals surface area contributed by atoms with Gasteiger partial charge in [0.1, 0.15) is 5.52 Å². The van der Waals surface area contributed by atoms with Crippen LogP contribution in [-0.4, -0.2) is 14.1 Å². The molecule has 0 radical (unpaired) electrons. The first-order valence-electron chi connectivity index (χ1n) is 18.0. The van der Waals surface area contributed by atoms with E-state index in [4.69, 9.17) is 9.40 Å². The maximum Gasteiger partial charge on any atom is 0.227 e. The highest BCUT2D eigenvalue weighted by molar-refractivity contribution is 6.11. The minimum absolute atomic E-state index is 0.617. The van der Waals surface area contributed by atoms with Crippen molar-refractivity contribution >= 4 is 54.7 Å². The van der Waals surface area contributed by atoms with Crippen LogP contribution in [0, 0.1) is 0 Å². The molecule has 53 heavy (non-hydrogen) atoms. The Bertz CT molecular complexity index is 3150. The molecule has 0 fully saturated rings. The second-order valence-electron chi connectivity index (χ2n) is 13.6. The van der Waals surface area contributed by atoms with Crippen LogP contribution in [0.4, 0.5) is 0 Å². The molecule has 0 unspecified atom stereocenters. The summed E-state index contributed by atoms with van der Waals surface area (Å²) < 4.78 is 11.0. The molecule has 8 aromatic carbocycles. The Morgan fingerprint density at radius 2 is 0.774 bits per heavy atom. The normalized spacial score (nSPS) is 11.8. The number of para-hydroxylation sites is 4. The third-order valence-electron chi connectivity index (χ3n) is 10.6. The maximum absolute atomic E-state index is 6.30. The first-order chi connectivity index (χ1) is 26.3. The van der Waals surface area contributed by atoms with Crippen molar-refractivity contribution in [1.82, 2.24) is 14.1 Å². The Kier molecular flexibility index (Phi) is 6.52. The molecule has 0 atom stereocenters. The van der Waals surface area contributed by atoms with Gasteiger partial charge in [-0.25, -0.2) is 4.98 Å². The van der Waals surface area contributed by atoms with E-state index in [1.54, 1.807) is 0 Å². The quantitative estimate of drug-likeness (QED) is 0.182. The molecule has 4 heteroatoms. The fraction of sp³-hybridized carbons (Fsp3) is 0. The summed E-state index contributed by atoms with van der Waals surface area (Å²) in [5.41, 5.74) is 14.2. The van der Waals surface area contributed by atoms with Gasteiger partial charge < -0.3 is 13.6 Å². The fourth-order valence-corrected chi connectivity index (χ4v) is 8.05. The summed E-state index contributed by atoms with van der Waals surface area (Å²) in [6.45, 7) is 0. The monoisotopic (exact) mass is 677 g/mol. The van der Waals surface area contributed by atoms with Gasteiger partial charge in [-0.2, -0.15) is 0 Å². The van der Waals surface area contributed by atoms with Crippen LogP contribution in [-0.2, 0) is 0 Å². The summed E-state index contributed by atoms with van der Waals surface area (Å²) in [5.74, 6) is 0.617. The number of hydrogen-bond acceptors (Lipinski definition) is 2. The van der Waals surface area contributed by atoms with Crippen molar-refractivity contribution in [3.05, 3.63) is 188 Å². The molecule has 0 amide bonds. The van der Waals surface area contributed by atoms with Crippen molar-refractivity contribution in [1.29, 1.82) is 0 Å². The summed E-state index contributed by atoms with van der Waals surface area (Å²) in [6.07, 6.45) is 0. The van der Waals surface area contributed by atoms with Gasteiger partial charge in [0.25, 0.3) is 0 Å². The summed E-state index contributed by atoms with van der Waals surface area (Å²) in [7, 11) is 0. The Morgan fingerprint density at radius 1 is 0.340 bits per heavy atom. The Morgan fingerprint density at radius 3 is 1.36 bits per heavy atom. The third-order valence-corrected chi connectivity index (χ3v) is 10.6. The predicted octanol–water partition coefficient (Wildman–Crippen LogP) is 13.0. The van der Waals surface area contributed by atoms with Gasteiger partial charge in [0.05, 0.1) is 22.1 Å². The Hall–Kier alpha value is -7.17. The van der Waals surface area contributed by atoms with Crippen LogP contribution >= 0.6 is 0 Å². The first kappa shape index (κ1) is 29.5. The van der Waals surface area contributed by atoms with Gasteiger partial charge in [-0.05, 0) is 107 Å². The summed E-state index contributed by atoms with van der Waals surface area (Å²) in [6, 6.07) is 66.7. The molecule has 0 saturated carbocycles. The molecule has 0 aliphatic heterocycles. The zero-order valence-electron chi connectivity index (χ0n) is 28.6. The molecular formula is C49H31N3O. The topological polar surface area (TPSA) is 35.9 Å². The molecule has 4 nitrogen and oxygen atoms in total. The van der Waals surface area contributed by atoms with E-state index >= 15 is 0 Å². The lowest BCUT2D eigenvalue weighted by Gasteiger charge is -2.08. The summed E-state index contributed by atoms with van der Waals surface area (Å²) in [5, 5.41) is 4.95. The number of oxazole rings is 1. The highest BCUT2D eigenvalue weighted by Crippen LogP contribution is 2.38. The molecule has 11 aromatic rings. The van der Waals surface area contributed by atoms with Crippen molar-refractivity contribution in [3.8, 4) is 45.1 Å². The summed E-state index contributed by atoms with van der Waals surface area (Å²) >= 11 is 0. The minimum Gasteiger partial charge on any atom is -0.436 e. The molecule has 0 aliphatic rings. The van der Waals surface area contributed by atoms with Crippen molar-refractivity contribution in [2.75, 3.05) is 0 Å². The molecule has 0 aliphatic carbocycles. The lowest BCUT2D eigenvalue weighted by Crippen LogP contribution is -1.92. The fourth-order valence-electron chi connectivity index (χ4n) is 8.05.